The Balaban J connectivity index is 1.57. The van der Waals surface area contributed by atoms with Gasteiger partial charge in [0.1, 0.15) is 0 Å². The van der Waals surface area contributed by atoms with Crippen molar-refractivity contribution in [1.29, 1.82) is 0 Å². The number of rotatable bonds is 38. The molecule has 4 unspecified atom stereocenters. The second-order valence-corrected chi connectivity index (χ2v) is 17.7. The number of carbonyl (C=O) groups is 2. The number of likely N-dealkylation sites (tertiary alicyclic amines) is 1. The van der Waals surface area contributed by atoms with Crippen LogP contribution in [-0.4, -0.2) is 68.2 Å². The number of carbonyl (C=O) groups excluding carboxylic acids is 2. The standard InChI is InChI=1S/C51H89NO6/c1-5-8-21-30-46(4)36-43-55-49(53)33-24-17-13-11-15-19-26-38-51(57-45-48(58-51)35-42-52-40-28-29-41-52)39-27-20-16-12-14-18-25-34-50(54)56-44-37-47(31-22-9-6-2)32-23-10-7-3/h31,46-48H,2,5,7-8,10-21,23-30,32-45H2,1,3-4H3. The number of hydrogen-bond donors (Lipinski definition) is 0. The third-order valence-corrected chi connectivity index (χ3v) is 12.3. The van der Waals surface area contributed by atoms with Crippen molar-refractivity contribution in [3.05, 3.63) is 29.8 Å². The lowest BCUT2D eigenvalue weighted by atomic mass is 9.98. The van der Waals surface area contributed by atoms with E-state index < -0.39 is 5.79 Å². The maximum atomic E-state index is 12.3. The minimum absolute atomic E-state index is 0.0196. The molecule has 0 spiro atoms. The molecule has 58 heavy (non-hydrogen) atoms. The van der Waals surface area contributed by atoms with E-state index in [-0.39, 0.29) is 18.0 Å². The highest BCUT2D eigenvalue weighted by atomic mass is 16.7. The number of ether oxygens (including phenoxy) is 4. The average molecular weight is 812 g/mol. The molecule has 0 N–H and O–H groups in total. The summed E-state index contributed by atoms with van der Waals surface area (Å²) in [6, 6.07) is 0. The molecule has 0 amide bonds. The molecule has 2 aliphatic heterocycles. The maximum absolute atomic E-state index is 12.3. The van der Waals surface area contributed by atoms with Crippen molar-refractivity contribution in [2.45, 2.75) is 232 Å². The fourth-order valence-electron chi connectivity index (χ4n) is 8.48. The van der Waals surface area contributed by atoms with E-state index in [0.717, 1.165) is 90.2 Å². The maximum Gasteiger partial charge on any atom is 0.305 e. The van der Waals surface area contributed by atoms with Crippen molar-refractivity contribution in [2.24, 2.45) is 11.8 Å². The summed E-state index contributed by atoms with van der Waals surface area (Å²) in [4.78, 5) is 27.1. The van der Waals surface area contributed by atoms with E-state index in [1.165, 1.54) is 122 Å². The summed E-state index contributed by atoms with van der Waals surface area (Å²) in [6.45, 7) is 15.6. The molecule has 0 aromatic rings. The van der Waals surface area contributed by atoms with Crippen LogP contribution in [0.5, 0.6) is 0 Å². The highest BCUT2D eigenvalue weighted by Crippen LogP contribution is 2.36. The molecule has 4 atom stereocenters. The second kappa shape index (κ2) is 35.6. The van der Waals surface area contributed by atoms with Gasteiger partial charge in [-0.25, -0.2) is 0 Å². The Morgan fingerprint density at radius 3 is 1.83 bits per heavy atom. The Morgan fingerprint density at radius 1 is 0.724 bits per heavy atom. The van der Waals surface area contributed by atoms with Crippen LogP contribution in [-0.2, 0) is 28.5 Å². The van der Waals surface area contributed by atoms with Crippen LogP contribution < -0.4 is 0 Å². The van der Waals surface area contributed by atoms with E-state index >= 15 is 0 Å². The molecule has 7 heteroatoms. The van der Waals surface area contributed by atoms with E-state index in [1.54, 1.807) is 0 Å². The first-order valence-electron chi connectivity index (χ1n) is 24.6. The van der Waals surface area contributed by atoms with Crippen LogP contribution in [0.25, 0.3) is 0 Å². The summed E-state index contributed by atoms with van der Waals surface area (Å²) in [6.07, 6.45) is 36.6. The summed E-state index contributed by atoms with van der Waals surface area (Å²) >= 11 is 0. The van der Waals surface area contributed by atoms with Crippen molar-refractivity contribution in [1.82, 2.24) is 4.90 Å². The monoisotopic (exact) mass is 812 g/mol. The third kappa shape index (κ3) is 27.6. The first kappa shape index (κ1) is 52.0. The van der Waals surface area contributed by atoms with Gasteiger partial charge in [0.05, 0.1) is 25.9 Å². The van der Waals surface area contributed by atoms with Gasteiger partial charge in [-0.05, 0) is 108 Å². The molecule has 0 aromatic carbocycles. The quantitative estimate of drug-likeness (QED) is 0.0349. The SMILES string of the molecule is C=C=C=C=CC(CCCCC)CCOC(=O)CCCCCCCCCC1(CCCCCCCCCC(=O)OCCC(C)CCCCC)OCC(CCN2CCCC2)O1. The number of allylic oxidation sites excluding steroid dienone is 1. The van der Waals surface area contributed by atoms with Crippen LogP contribution in [0.3, 0.4) is 0 Å². The van der Waals surface area contributed by atoms with Gasteiger partial charge >= 0.3 is 11.9 Å². The van der Waals surface area contributed by atoms with Gasteiger partial charge in [-0.1, -0.05) is 141 Å². The van der Waals surface area contributed by atoms with Crippen LogP contribution in [0.15, 0.2) is 29.8 Å². The van der Waals surface area contributed by atoms with Crippen molar-refractivity contribution >= 4 is 11.9 Å². The van der Waals surface area contributed by atoms with Crippen molar-refractivity contribution < 1.29 is 28.5 Å². The Labute approximate surface area is 357 Å². The Hall–Kier alpha value is -2.10. The molecular formula is C51H89NO6. The fourth-order valence-corrected chi connectivity index (χ4v) is 8.48. The lowest BCUT2D eigenvalue weighted by Crippen LogP contribution is -2.32. The van der Waals surface area contributed by atoms with Crippen LogP contribution in [0.1, 0.15) is 220 Å². The molecule has 334 valence electrons. The molecule has 2 fully saturated rings. The summed E-state index contributed by atoms with van der Waals surface area (Å²) in [5.41, 5.74) is 8.41. The highest BCUT2D eigenvalue weighted by Gasteiger charge is 2.40. The van der Waals surface area contributed by atoms with Gasteiger partial charge in [0, 0.05) is 32.2 Å². The molecule has 0 radical (unpaired) electrons. The molecule has 0 bridgehead atoms. The zero-order valence-corrected chi connectivity index (χ0v) is 38.1. The lowest BCUT2D eigenvalue weighted by Gasteiger charge is -2.29. The molecule has 0 aromatic heterocycles. The molecule has 0 aliphatic carbocycles. The second-order valence-electron chi connectivity index (χ2n) is 17.7. The first-order valence-corrected chi connectivity index (χ1v) is 24.6. The minimum Gasteiger partial charge on any atom is -0.466 e. The van der Waals surface area contributed by atoms with E-state index in [4.69, 9.17) is 18.9 Å². The van der Waals surface area contributed by atoms with Crippen molar-refractivity contribution in [2.75, 3.05) is 39.5 Å². The zero-order valence-electron chi connectivity index (χ0n) is 38.1. The fraction of sp³-hybridized carbons (Fsp3) is 0.863. The molecular weight excluding hydrogens is 723 g/mol. The van der Waals surface area contributed by atoms with Gasteiger partial charge in [-0.2, -0.15) is 0 Å². The summed E-state index contributed by atoms with van der Waals surface area (Å²) in [7, 11) is 0. The first-order chi connectivity index (χ1) is 28.4. The Kier molecular flexibility index (Phi) is 32.0. The van der Waals surface area contributed by atoms with Gasteiger partial charge in [-0.3, -0.25) is 9.59 Å². The molecule has 2 aliphatic rings. The molecule has 0 saturated carbocycles. The van der Waals surface area contributed by atoms with Gasteiger partial charge in [-0.15, -0.1) is 0 Å². The van der Waals surface area contributed by atoms with Crippen LogP contribution in [0.2, 0.25) is 0 Å². The number of esters is 2. The van der Waals surface area contributed by atoms with Gasteiger partial charge in [0.2, 0.25) is 0 Å². The Bertz CT molecular complexity index is 1150. The largest absolute Gasteiger partial charge is 0.466 e. The third-order valence-electron chi connectivity index (χ3n) is 12.3. The van der Waals surface area contributed by atoms with Crippen molar-refractivity contribution in [3.8, 4) is 0 Å². The van der Waals surface area contributed by atoms with E-state index in [0.29, 0.717) is 37.9 Å². The van der Waals surface area contributed by atoms with E-state index in [9.17, 15) is 9.59 Å². The number of hydrogen-bond acceptors (Lipinski definition) is 7. The number of unbranched alkanes of at least 4 members (excludes halogenated alkanes) is 16. The minimum atomic E-state index is -0.408. The highest BCUT2D eigenvalue weighted by molar-refractivity contribution is 5.69. The van der Waals surface area contributed by atoms with E-state index in [1.807, 2.05) is 6.08 Å². The summed E-state index contributed by atoms with van der Waals surface area (Å²) in [5, 5.41) is 0. The summed E-state index contributed by atoms with van der Waals surface area (Å²) in [5.74, 6) is 0.496. The van der Waals surface area contributed by atoms with Gasteiger partial charge < -0.3 is 23.8 Å². The molecule has 2 saturated heterocycles. The average Bonchev–Trinajstić information content (AvgIpc) is 3.89. The van der Waals surface area contributed by atoms with Crippen LogP contribution >= 0.6 is 0 Å². The van der Waals surface area contributed by atoms with Crippen molar-refractivity contribution in [3.63, 3.8) is 0 Å². The molecule has 2 rings (SSSR count). The molecule has 2 heterocycles. The predicted molar refractivity (Wildman–Crippen MR) is 240 cm³/mol. The zero-order chi connectivity index (χ0) is 41.8. The van der Waals surface area contributed by atoms with Gasteiger partial charge in [0.15, 0.2) is 5.79 Å². The topological polar surface area (TPSA) is 74.3 Å². The summed E-state index contributed by atoms with van der Waals surface area (Å²) < 4.78 is 24.4. The van der Waals surface area contributed by atoms with Crippen LogP contribution in [0.4, 0.5) is 0 Å². The molecule has 7 nitrogen and oxygen atoms in total. The van der Waals surface area contributed by atoms with E-state index in [2.05, 4.69) is 49.4 Å². The number of nitrogens with zero attached hydrogens (tertiary/aromatic N) is 1. The van der Waals surface area contributed by atoms with Gasteiger partial charge in [0.25, 0.3) is 0 Å². The predicted octanol–water partition coefficient (Wildman–Crippen LogP) is 13.5. The smallest absolute Gasteiger partial charge is 0.305 e. The lowest BCUT2D eigenvalue weighted by molar-refractivity contribution is -0.180. The van der Waals surface area contributed by atoms with Crippen LogP contribution in [0, 0.1) is 11.8 Å². The normalized spacial score (nSPS) is 19.0. The Morgan fingerprint density at radius 2 is 1.26 bits per heavy atom.